The molecule has 1 fully saturated rings. The Morgan fingerprint density at radius 3 is 2.89 bits per heavy atom. The third kappa shape index (κ3) is 2.58. The molecule has 2 aliphatic rings. The Hall–Kier alpha value is -1.20. The van der Waals surface area contributed by atoms with Crippen LogP contribution in [0.5, 0.6) is 0 Å². The molecule has 2 heterocycles. The molecule has 1 unspecified atom stereocenters. The Morgan fingerprint density at radius 1 is 1.21 bits per heavy atom. The number of anilines is 1. The summed E-state index contributed by atoms with van der Waals surface area (Å²) in [6.07, 6.45) is 4.19. The Bertz CT molecular complexity index is 473. The zero-order valence-corrected chi connectivity index (χ0v) is 11.9. The highest BCUT2D eigenvalue weighted by molar-refractivity contribution is 5.44. The highest BCUT2D eigenvalue weighted by atomic mass is 15.3. The van der Waals surface area contributed by atoms with E-state index in [0.717, 1.165) is 44.7 Å². The van der Waals surface area contributed by atoms with Crippen LogP contribution in [0.1, 0.15) is 23.5 Å². The van der Waals surface area contributed by atoms with Crippen LogP contribution in [0.15, 0.2) is 0 Å². The van der Waals surface area contributed by atoms with Crippen molar-refractivity contribution >= 4 is 5.82 Å². The zero-order valence-electron chi connectivity index (χ0n) is 11.9. The molecule has 2 N–H and O–H groups in total. The average Bonchev–Trinajstić information content (AvgIpc) is 2.82. The Kier molecular flexibility index (Phi) is 3.41. The quantitative estimate of drug-likeness (QED) is 0.832. The van der Waals surface area contributed by atoms with E-state index in [1.54, 1.807) is 0 Å². The first-order valence-corrected chi connectivity index (χ1v) is 7.16. The van der Waals surface area contributed by atoms with Gasteiger partial charge in [-0.2, -0.15) is 0 Å². The van der Waals surface area contributed by atoms with Gasteiger partial charge in [-0.25, -0.2) is 9.97 Å². The first kappa shape index (κ1) is 12.8. The van der Waals surface area contributed by atoms with Crippen molar-refractivity contribution in [2.75, 3.05) is 39.5 Å². The number of fused-ring (bicyclic) bond motifs is 1. The number of aromatic nitrogens is 2. The van der Waals surface area contributed by atoms with Crippen LogP contribution in [0.25, 0.3) is 0 Å². The fourth-order valence-electron chi connectivity index (χ4n) is 3.14. The molecule has 3 rings (SSSR count). The van der Waals surface area contributed by atoms with Crippen molar-refractivity contribution in [2.45, 2.75) is 31.7 Å². The number of rotatable bonds is 2. The summed E-state index contributed by atoms with van der Waals surface area (Å²) < 4.78 is 0. The molecular weight excluding hydrogens is 238 g/mol. The minimum Gasteiger partial charge on any atom is -0.383 e. The van der Waals surface area contributed by atoms with E-state index in [0.29, 0.717) is 11.9 Å². The molecule has 0 bridgehead atoms. The van der Waals surface area contributed by atoms with Crippen molar-refractivity contribution in [3.63, 3.8) is 0 Å². The molecule has 1 saturated heterocycles. The van der Waals surface area contributed by atoms with Crippen molar-refractivity contribution in [2.24, 2.45) is 0 Å². The summed E-state index contributed by atoms with van der Waals surface area (Å²) in [4.78, 5) is 14.0. The summed E-state index contributed by atoms with van der Waals surface area (Å²) in [6.45, 7) is 3.33. The second kappa shape index (κ2) is 5.06. The lowest BCUT2D eigenvalue weighted by Crippen LogP contribution is -2.51. The fraction of sp³-hybridized carbons (Fsp3) is 0.714. The van der Waals surface area contributed by atoms with E-state index in [9.17, 15) is 0 Å². The van der Waals surface area contributed by atoms with Crippen LogP contribution in [0.2, 0.25) is 0 Å². The lowest BCUT2D eigenvalue weighted by Gasteiger charge is -2.37. The Labute approximate surface area is 114 Å². The smallest absolute Gasteiger partial charge is 0.132 e. The van der Waals surface area contributed by atoms with Crippen molar-refractivity contribution in [1.82, 2.24) is 19.8 Å². The summed E-state index contributed by atoms with van der Waals surface area (Å²) in [7, 11) is 4.37. The number of nitrogens with two attached hydrogens (primary N) is 1. The first-order chi connectivity index (χ1) is 9.13. The zero-order chi connectivity index (χ0) is 13.4. The van der Waals surface area contributed by atoms with Crippen LogP contribution in [-0.4, -0.2) is 59.5 Å². The number of nitrogens with zero attached hydrogens (tertiary/aromatic N) is 4. The normalized spacial score (nSPS) is 24.6. The van der Waals surface area contributed by atoms with Gasteiger partial charge in [0.15, 0.2) is 0 Å². The predicted molar refractivity (Wildman–Crippen MR) is 76.1 cm³/mol. The summed E-state index contributed by atoms with van der Waals surface area (Å²) in [6, 6.07) is 0.498. The van der Waals surface area contributed by atoms with E-state index < -0.39 is 0 Å². The molecule has 1 aromatic rings. The molecule has 1 aromatic heterocycles. The molecule has 5 nitrogen and oxygen atoms in total. The summed E-state index contributed by atoms with van der Waals surface area (Å²) in [5.74, 6) is 1.63. The number of aryl methyl sites for hydroxylation is 1. The van der Waals surface area contributed by atoms with Gasteiger partial charge in [0.05, 0.1) is 0 Å². The van der Waals surface area contributed by atoms with Crippen LogP contribution < -0.4 is 5.73 Å². The van der Waals surface area contributed by atoms with Gasteiger partial charge < -0.3 is 15.5 Å². The molecule has 0 spiro atoms. The lowest BCUT2D eigenvalue weighted by molar-refractivity contribution is 0.113. The van der Waals surface area contributed by atoms with Gasteiger partial charge in [0, 0.05) is 43.4 Å². The molecule has 0 radical (unpaired) electrons. The van der Waals surface area contributed by atoms with Crippen molar-refractivity contribution in [3.8, 4) is 0 Å². The third-order valence-corrected chi connectivity index (χ3v) is 4.41. The van der Waals surface area contributed by atoms with Gasteiger partial charge in [0.25, 0.3) is 0 Å². The van der Waals surface area contributed by atoms with Crippen LogP contribution in [-0.2, 0) is 19.3 Å². The van der Waals surface area contributed by atoms with Gasteiger partial charge in [-0.3, -0.25) is 0 Å². The van der Waals surface area contributed by atoms with Gasteiger partial charge in [0.1, 0.15) is 11.6 Å². The number of hydrogen-bond donors (Lipinski definition) is 1. The first-order valence-electron chi connectivity index (χ1n) is 7.16. The predicted octanol–water partition coefficient (Wildman–Crippen LogP) is 0.336. The summed E-state index contributed by atoms with van der Waals surface area (Å²) in [5.41, 5.74) is 8.45. The Balaban J connectivity index is 1.78. The molecular formula is C14H23N5. The number of likely N-dealkylation sites (N-methyl/N-ethyl adjacent to an activating group) is 2. The average molecular weight is 261 g/mol. The highest BCUT2D eigenvalue weighted by Gasteiger charge is 2.25. The molecule has 0 amide bonds. The largest absolute Gasteiger partial charge is 0.383 e. The van der Waals surface area contributed by atoms with Crippen molar-refractivity contribution in [3.05, 3.63) is 17.1 Å². The van der Waals surface area contributed by atoms with Crippen LogP contribution in [0.4, 0.5) is 5.82 Å². The minimum atomic E-state index is 0.498. The van der Waals surface area contributed by atoms with Gasteiger partial charge in [-0.05, 0) is 33.4 Å². The number of piperazine rings is 1. The fourth-order valence-corrected chi connectivity index (χ4v) is 3.14. The van der Waals surface area contributed by atoms with E-state index in [1.165, 1.54) is 17.7 Å². The minimum absolute atomic E-state index is 0.498. The number of nitrogen functional groups attached to an aromatic ring is 1. The number of hydrogen-bond acceptors (Lipinski definition) is 5. The highest BCUT2D eigenvalue weighted by Crippen LogP contribution is 2.24. The van der Waals surface area contributed by atoms with Gasteiger partial charge in [0.2, 0.25) is 0 Å². The maximum absolute atomic E-state index is 6.06. The molecule has 5 heteroatoms. The van der Waals surface area contributed by atoms with Crippen LogP contribution in [0, 0.1) is 0 Å². The molecule has 104 valence electrons. The van der Waals surface area contributed by atoms with E-state index >= 15 is 0 Å². The molecule has 1 aliphatic heterocycles. The van der Waals surface area contributed by atoms with E-state index in [2.05, 4.69) is 28.9 Å². The second-order valence-electron chi connectivity index (χ2n) is 5.90. The van der Waals surface area contributed by atoms with Crippen molar-refractivity contribution < 1.29 is 0 Å². The van der Waals surface area contributed by atoms with E-state index in [4.69, 9.17) is 10.7 Å². The van der Waals surface area contributed by atoms with Gasteiger partial charge in [-0.15, -0.1) is 0 Å². The Morgan fingerprint density at radius 2 is 2.05 bits per heavy atom. The maximum atomic E-state index is 6.06. The molecule has 0 aromatic carbocycles. The third-order valence-electron chi connectivity index (χ3n) is 4.41. The molecule has 1 atom stereocenters. The van der Waals surface area contributed by atoms with Crippen LogP contribution >= 0.6 is 0 Å². The van der Waals surface area contributed by atoms with E-state index in [1.807, 2.05) is 0 Å². The van der Waals surface area contributed by atoms with Gasteiger partial charge >= 0.3 is 0 Å². The second-order valence-corrected chi connectivity index (χ2v) is 5.90. The maximum Gasteiger partial charge on any atom is 0.132 e. The van der Waals surface area contributed by atoms with E-state index in [-0.39, 0.29) is 0 Å². The SMILES string of the molecule is CN1CCN(C)C(Cc2nc(N)c3c(n2)CCC3)C1. The summed E-state index contributed by atoms with van der Waals surface area (Å²) >= 11 is 0. The van der Waals surface area contributed by atoms with Crippen LogP contribution in [0.3, 0.4) is 0 Å². The molecule has 19 heavy (non-hydrogen) atoms. The monoisotopic (exact) mass is 261 g/mol. The van der Waals surface area contributed by atoms with Crippen molar-refractivity contribution in [1.29, 1.82) is 0 Å². The lowest BCUT2D eigenvalue weighted by atomic mass is 10.1. The molecule has 1 aliphatic carbocycles. The van der Waals surface area contributed by atoms with Gasteiger partial charge in [-0.1, -0.05) is 0 Å². The topological polar surface area (TPSA) is 58.3 Å². The summed E-state index contributed by atoms with van der Waals surface area (Å²) in [5, 5.41) is 0. The molecule has 0 saturated carbocycles. The standard InChI is InChI=1S/C14H23N5/c1-18-6-7-19(2)10(9-18)8-13-16-12-5-3-4-11(12)14(15)17-13/h10H,3-9H2,1-2H3,(H2,15,16,17).